The van der Waals surface area contributed by atoms with Crippen LogP contribution >= 0.6 is 0 Å². The van der Waals surface area contributed by atoms with Crippen molar-refractivity contribution in [2.45, 2.75) is 19.4 Å². The number of rotatable bonds is 2. The predicted molar refractivity (Wildman–Crippen MR) is 78.5 cm³/mol. The monoisotopic (exact) mass is 287 g/mol. The fraction of sp³-hybridized carbons (Fsp3) is 0.214. The normalized spacial score (nSPS) is 13.2. The smallest absolute Gasteiger partial charge is 0.289 e. The summed E-state index contributed by atoms with van der Waals surface area (Å²) >= 11 is 0. The lowest BCUT2D eigenvalue weighted by Gasteiger charge is -2.15. The van der Waals surface area contributed by atoms with Gasteiger partial charge in [0.05, 0.1) is 11.4 Å². The van der Waals surface area contributed by atoms with Gasteiger partial charge >= 0.3 is 0 Å². The number of hydrogen-bond donors (Lipinski definition) is 2. The molecule has 3 N–H and O–H groups in total. The SMILES string of the molecule is [B]c1ccc(Nc2c(N)c3n(c(=O)c2F)CCC3)c(F)c1. The van der Waals surface area contributed by atoms with Gasteiger partial charge in [-0.1, -0.05) is 11.5 Å². The van der Waals surface area contributed by atoms with Gasteiger partial charge in [0.2, 0.25) is 5.82 Å². The van der Waals surface area contributed by atoms with E-state index in [0.29, 0.717) is 18.7 Å². The maximum atomic E-state index is 14.2. The summed E-state index contributed by atoms with van der Waals surface area (Å²) in [4.78, 5) is 11.9. The molecule has 2 radical (unpaired) electrons. The standard InChI is InChI=1S/C14H12BF2N3O/c15-7-3-4-9(8(16)6-7)19-13-11(17)14(21)20-5-1-2-10(20)12(13)18/h3-4,6,19H,1-2,5,18H2. The maximum Gasteiger partial charge on any atom is 0.289 e. The van der Waals surface area contributed by atoms with Gasteiger partial charge in [0.15, 0.2) is 0 Å². The summed E-state index contributed by atoms with van der Waals surface area (Å²) in [6, 6.07) is 3.95. The van der Waals surface area contributed by atoms with Crippen LogP contribution in [-0.4, -0.2) is 12.4 Å². The van der Waals surface area contributed by atoms with Gasteiger partial charge in [0.25, 0.3) is 5.56 Å². The summed E-state index contributed by atoms with van der Waals surface area (Å²) in [5.41, 5.74) is 5.98. The second kappa shape index (κ2) is 4.91. The number of hydrogen-bond acceptors (Lipinski definition) is 3. The summed E-state index contributed by atoms with van der Waals surface area (Å²) < 4.78 is 29.3. The Morgan fingerprint density at radius 1 is 1.33 bits per heavy atom. The molecule has 0 aliphatic carbocycles. The van der Waals surface area contributed by atoms with E-state index in [0.717, 1.165) is 12.5 Å². The molecule has 0 spiro atoms. The minimum Gasteiger partial charge on any atom is -0.396 e. The van der Waals surface area contributed by atoms with Gasteiger partial charge in [0.1, 0.15) is 19.4 Å². The first-order chi connectivity index (χ1) is 9.99. The lowest BCUT2D eigenvalue weighted by molar-refractivity contribution is 0.582. The molecule has 3 rings (SSSR count). The second-order valence-electron chi connectivity index (χ2n) is 4.97. The van der Waals surface area contributed by atoms with Crippen LogP contribution in [-0.2, 0) is 13.0 Å². The van der Waals surface area contributed by atoms with E-state index in [1.165, 1.54) is 16.7 Å². The highest BCUT2D eigenvalue weighted by atomic mass is 19.1. The van der Waals surface area contributed by atoms with Crippen LogP contribution in [0.4, 0.5) is 25.8 Å². The molecule has 1 aliphatic rings. The minimum absolute atomic E-state index is 0.0112. The Hall–Kier alpha value is -2.31. The largest absolute Gasteiger partial charge is 0.396 e. The Bertz CT molecular complexity index is 789. The Labute approximate surface area is 121 Å². The van der Waals surface area contributed by atoms with Crippen molar-refractivity contribution in [2.24, 2.45) is 0 Å². The van der Waals surface area contributed by atoms with Crippen molar-refractivity contribution < 1.29 is 8.78 Å². The fourth-order valence-corrected chi connectivity index (χ4v) is 2.56. The van der Waals surface area contributed by atoms with Crippen molar-refractivity contribution in [3.8, 4) is 0 Å². The molecule has 0 saturated heterocycles. The zero-order valence-electron chi connectivity index (χ0n) is 11.1. The van der Waals surface area contributed by atoms with E-state index in [4.69, 9.17) is 13.6 Å². The first-order valence-electron chi connectivity index (χ1n) is 6.51. The van der Waals surface area contributed by atoms with Crippen molar-refractivity contribution >= 4 is 30.4 Å². The first-order valence-corrected chi connectivity index (χ1v) is 6.51. The van der Waals surface area contributed by atoms with Gasteiger partial charge < -0.3 is 15.6 Å². The highest BCUT2D eigenvalue weighted by Gasteiger charge is 2.23. The van der Waals surface area contributed by atoms with Crippen molar-refractivity contribution in [1.29, 1.82) is 0 Å². The highest BCUT2D eigenvalue weighted by molar-refractivity contribution is 6.32. The lowest BCUT2D eigenvalue weighted by Crippen LogP contribution is -2.25. The van der Waals surface area contributed by atoms with Gasteiger partial charge in [0, 0.05) is 12.2 Å². The maximum absolute atomic E-state index is 14.2. The highest BCUT2D eigenvalue weighted by Crippen LogP contribution is 2.31. The molecule has 106 valence electrons. The van der Waals surface area contributed by atoms with Crippen LogP contribution in [0.15, 0.2) is 23.0 Å². The van der Waals surface area contributed by atoms with Crippen LogP contribution in [0, 0.1) is 11.6 Å². The van der Waals surface area contributed by atoms with Gasteiger partial charge in [-0.2, -0.15) is 4.39 Å². The topological polar surface area (TPSA) is 60.0 Å². The molecule has 0 amide bonds. The van der Waals surface area contributed by atoms with Crippen molar-refractivity contribution in [3.05, 3.63) is 45.9 Å². The number of anilines is 3. The molecule has 0 saturated carbocycles. The summed E-state index contributed by atoms with van der Waals surface area (Å²) in [5.74, 6) is -1.65. The number of benzene rings is 1. The van der Waals surface area contributed by atoms with Crippen LogP contribution in [0.1, 0.15) is 12.1 Å². The molecule has 7 heteroatoms. The van der Waals surface area contributed by atoms with Crippen LogP contribution in [0.25, 0.3) is 0 Å². The molecular formula is C14H12BF2N3O. The molecule has 2 heterocycles. The van der Waals surface area contributed by atoms with Crippen molar-refractivity contribution in [1.82, 2.24) is 4.57 Å². The molecule has 0 bridgehead atoms. The summed E-state index contributed by atoms with van der Waals surface area (Å²) in [7, 11) is 5.46. The van der Waals surface area contributed by atoms with Crippen LogP contribution < -0.4 is 22.1 Å². The number of nitrogens with one attached hydrogen (secondary N) is 1. The number of aromatic nitrogens is 1. The molecule has 1 aromatic carbocycles. The molecule has 21 heavy (non-hydrogen) atoms. The Balaban J connectivity index is 2.11. The second-order valence-corrected chi connectivity index (χ2v) is 4.97. The Morgan fingerprint density at radius 2 is 2.10 bits per heavy atom. The Kier molecular flexibility index (Phi) is 3.20. The molecule has 0 atom stereocenters. The van der Waals surface area contributed by atoms with E-state index in [1.54, 1.807) is 0 Å². The summed E-state index contributed by atoms with van der Waals surface area (Å²) in [6.07, 6.45) is 1.33. The van der Waals surface area contributed by atoms with E-state index in [2.05, 4.69) is 5.32 Å². The molecule has 4 nitrogen and oxygen atoms in total. The van der Waals surface area contributed by atoms with E-state index in [1.807, 2.05) is 0 Å². The summed E-state index contributed by atoms with van der Waals surface area (Å²) in [5, 5.41) is 2.56. The number of pyridine rings is 1. The van der Waals surface area contributed by atoms with Crippen molar-refractivity contribution in [2.75, 3.05) is 11.1 Å². The number of fused-ring (bicyclic) bond motifs is 1. The van der Waals surface area contributed by atoms with Gasteiger partial charge in [-0.15, -0.1) is 0 Å². The molecule has 1 aromatic heterocycles. The minimum atomic E-state index is -1.01. The van der Waals surface area contributed by atoms with E-state index >= 15 is 0 Å². The van der Waals surface area contributed by atoms with Crippen LogP contribution in [0.2, 0.25) is 0 Å². The third-order valence-electron chi connectivity index (χ3n) is 3.61. The van der Waals surface area contributed by atoms with E-state index in [9.17, 15) is 13.6 Å². The van der Waals surface area contributed by atoms with Gasteiger partial charge in [-0.3, -0.25) is 4.79 Å². The van der Waals surface area contributed by atoms with Crippen molar-refractivity contribution in [3.63, 3.8) is 0 Å². The first kappa shape index (κ1) is 13.7. The number of halogens is 2. The van der Waals surface area contributed by atoms with Crippen LogP contribution in [0.3, 0.4) is 0 Å². The summed E-state index contributed by atoms with van der Waals surface area (Å²) in [6.45, 7) is 0.450. The third-order valence-corrected chi connectivity index (χ3v) is 3.61. The van der Waals surface area contributed by atoms with E-state index in [-0.39, 0.29) is 22.5 Å². The molecule has 2 aromatic rings. The van der Waals surface area contributed by atoms with Crippen LogP contribution in [0.5, 0.6) is 0 Å². The zero-order chi connectivity index (χ0) is 15.1. The number of nitrogens with zero attached hydrogens (tertiary/aromatic N) is 1. The number of nitrogen functional groups attached to an aromatic ring is 1. The molecule has 1 aliphatic heterocycles. The zero-order valence-corrected chi connectivity index (χ0v) is 11.1. The predicted octanol–water partition coefficient (Wildman–Crippen LogP) is 1.19. The lowest BCUT2D eigenvalue weighted by atomic mass is 9.96. The third kappa shape index (κ3) is 2.18. The van der Waals surface area contributed by atoms with Gasteiger partial charge in [-0.05, 0) is 25.0 Å². The number of nitrogens with two attached hydrogens (primary N) is 1. The van der Waals surface area contributed by atoms with E-state index < -0.39 is 17.2 Å². The average molecular weight is 287 g/mol. The molecule has 0 unspecified atom stereocenters. The Morgan fingerprint density at radius 3 is 2.81 bits per heavy atom. The molecule has 0 fully saturated rings. The average Bonchev–Trinajstić information content (AvgIpc) is 2.93. The molecular weight excluding hydrogens is 275 g/mol. The fourth-order valence-electron chi connectivity index (χ4n) is 2.56. The van der Waals surface area contributed by atoms with Gasteiger partial charge in [-0.25, -0.2) is 4.39 Å². The quantitative estimate of drug-likeness (QED) is 0.816.